The van der Waals surface area contributed by atoms with Crippen molar-refractivity contribution in [3.8, 4) is 0 Å². The number of hydrogen-bond donors (Lipinski definition) is 1. The molecule has 0 bridgehead atoms. The van der Waals surface area contributed by atoms with Crippen LogP contribution >= 0.6 is 27.3 Å². The van der Waals surface area contributed by atoms with Crippen molar-refractivity contribution < 1.29 is 17.2 Å². The first-order valence-corrected chi connectivity index (χ1v) is 8.58. The molecular formula is C12H10BrF2NO2S2. The van der Waals surface area contributed by atoms with Gasteiger partial charge in [0.25, 0.3) is 0 Å². The summed E-state index contributed by atoms with van der Waals surface area (Å²) in [5.74, 6) is -1.97. The van der Waals surface area contributed by atoms with Crippen molar-refractivity contribution in [2.45, 2.75) is 18.4 Å². The Morgan fingerprint density at radius 2 is 1.95 bits per heavy atom. The Bertz CT molecular complexity index is 744. The van der Waals surface area contributed by atoms with Gasteiger partial charge in [-0.1, -0.05) is 6.07 Å². The van der Waals surface area contributed by atoms with Crippen molar-refractivity contribution in [2.75, 3.05) is 0 Å². The quantitative estimate of drug-likeness (QED) is 0.879. The average Bonchev–Trinajstić information content (AvgIpc) is 2.71. The maximum Gasteiger partial charge on any atom is 0.242 e. The van der Waals surface area contributed by atoms with Crippen molar-refractivity contribution in [2.24, 2.45) is 0 Å². The molecule has 0 unspecified atom stereocenters. The topological polar surface area (TPSA) is 46.2 Å². The van der Waals surface area contributed by atoms with E-state index in [9.17, 15) is 17.2 Å². The molecule has 0 saturated heterocycles. The molecule has 108 valence electrons. The molecule has 0 spiro atoms. The highest BCUT2D eigenvalue weighted by atomic mass is 79.9. The summed E-state index contributed by atoms with van der Waals surface area (Å²) in [6, 6.07) is 4.77. The number of aryl methyl sites for hydroxylation is 1. The second-order valence-corrected chi connectivity index (χ2v) is 8.41. The molecule has 1 heterocycles. The summed E-state index contributed by atoms with van der Waals surface area (Å²) in [4.78, 5) is 0.826. The number of sulfonamides is 1. The Labute approximate surface area is 127 Å². The number of nitrogens with one attached hydrogen (secondary N) is 1. The van der Waals surface area contributed by atoms with Crippen molar-refractivity contribution in [3.05, 3.63) is 50.1 Å². The lowest BCUT2D eigenvalue weighted by Gasteiger charge is -2.06. The molecule has 0 amide bonds. The van der Waals surface area contributed by atoms with Crippen LogP contribution in [0.25, 0.3) is 0 Å². The lowest BCUT2D eigenvalue weighted by Crippen LogP contribution is -2.23. The Balaban J connectivity index is 2.17. The summed E-state index contributed by atoms with van der Waals surface area (Å²) in [5, 5.41) is 0. The molecule has 1 aromatic carbocycles. The van der Waals surface area contributed by atoms with Crippen LogP contribution in [-0.2, 0) is 16.6 Å². The molecule has 0 saturated carbocycles. The summed E-state index contributed by atoms with van der Waals surface area (Å²) in [7, 11) is -3.68. The third kappa shape index (κ3) is 3.43. The summed E-state index contributed by atoms with van der Waals surface area (Å²) in [5.41, 5.74) is 0.347. The van der Waals surface area contributed by atoms with Crippen LogP contribution in [0.2, 0.25) is 0 Å². The Morgan fingerprint density at radius 3 is 2.50 bits per heavy atom. The average molecular weight is 382 g/mol. The molecule has 0 aliphatic heterocycles. The van der Waals surface area contributed by atoms with Gasteiger partial charge < -0.3 is 0 Å². The van der Waals surface area contributed by atoms with Gasteiger partial charge in [-0.3, -0.25) is 0 Å². The molecule has 1 aromatic heterocycles. The van der Waals surface area contributed by atoms with Gasteiger partial charge in [0.1, 0.15) is 0 Å². The van der Waals surface area contributed by atoms with Gasteiger partial charge in [0.15, 0.2) is 11.6 Å². The molecule has 20 heavy (non-hydrogen) atoms. The molecule has 3 nitrogen and oxygen atoms in total. The standard InChI is InChI=1S/C12H10BrF2NO2S2/c1-7-11(5-12(13)19-7)20(17,18)16-6-8-2-3-9(14)10(15)4-8/h2-5,16H,6H2,1H3. The molecule has 0 fully saturated rings. The van der Waals surface area contributed by atoms with E-state index in [-0.39, 0.29) is 11.4 Å². The predicted octanol–water partition coefficient (Wildman–Crippen LogP) is 3.58. The van der Waals surface area contributed by atoms with E-state index in [0.717, 1.165) is 12.1 Å². The highest BCUT2D eigenvalue weighted by Gasteiger charge is 2.19. The summed E-state index contributed by atoms with van der Waals surface area (Å²) in [6.07, 6.45) is 0. The van der Waals surface area contributed by atoms with Crippen LogP contribution in [0.4, 0.5) is 8.78 Å². The lowest BCUT2D eigenvalue weighted by molar-refractivity contribution is 0.506. The highest BCUT2D eigenvalue weighted by molar-refractivity contribution is 9.11. The third-order valence-corrected chi connectivity index (χ3v) is 5.79. The smallest absolute Gasteiger partial charge is 0.207 e. The van der Waals surface area contributed by atoms with Gasteiger partial charge in [0.2, 0.25) is 10.0 Å². The minimum absolute atomic E-state index is 0.105. The SMILES string of the molecule is Cc1sc(Br)cc1S(=O)(=O)NCc1ccc(F)c(F)c1. The molecule has 0 aliphatic carbocycles. The van der Waals surface area contributed by atoms with E-state index in [1.165, 1.54) is 23.5 Å². The summed E-state index contributed by atoms with van der Waals surface area (Å²) in [6.45, 7) is 1.59. The van der Waals surface area contributed by atoms with Crippen LogP contribution in [0.3, 0.4) is 0 Å². The molecule has 0 atom stereocenters. The molecule has 1 N–H and O–H groups in total. The highest BCUT2D eigenvalue weighted by Crippen LogP contribution is 2.29. The first kappa shape index (κ1) is 15.6. The fourth-order valence-electron chi connectivity index (χ4n) is 1.60. The first-order chi connectivity index (χ1) is 9.29. The van der Waals surface area contributed by atoms with E-state index < -0.39 is 21.7 Å². The first-order valence-electron chi connectivity index (χ1n) is 5.49. The number of rotatable bonds is 4. The molecular weight excluding hydrogens is 372 g/mol. The van der Waals surface area contributed by atoms with Crippen LogP contribution in [0.15, 0.2) is 32.9 Å². The Morgan fingerprint density at radius 1 is 1.25 bits per heavy atom. The van der Waals surface area contributed by atoms with Crippen LogP contribution in [0.1, 0.15) is 10.4 Å². The van der Waals surface area contributed by atoms with Crippen molar-refractivity contribution in [3.63, 3.8) is 0 Å². The number of hydrogen-bond acceptors (Lipinski definition) is 3. The largest absolute Gasteiger partial charge is 0.242 e. The van der Waals surface area contributed by atoms with E-state index in [2.05, 4.69) is 20.7 Å². The molecule has 8 heteroatoms. The van der Waals surface area contributed by atoms with E-state index in [1.54, 1.807) is 6.92 Å². The fraction of sp³-hybridized carbons (Fsp3) is 0.167. The summed E-state index contributed by atoms with van der Waals surface area (Å²) >= 11 is 4.53. The predicted molar refractivity (Wildman–Crippen MR) is 77.1 cm³/mol. The van der Waals surface area contributed by atoms with Crippen molar-refractivity contribution in [1.82, 2.24) is 4.72 Å². The maximum atomic E-state index is 13.0. The zero-order valence-corrected chi connectivity index (χ0v) is 13.5. The van der Waals surface area contributed by atoms with E-state index in [0.29, 0.717) is 14.2 Å². The van der Waals surface area contributed by atoms with Gasteiger partial charge in [-0.2, -0.15) is 0 Å². The second-order valence-electron chi connectivity index (χ2n) is 4.04. The third-order valence-electron chi connectivity index (χ3n) is 2.58. The molecule has 0 radical (unpaired) electrons. The van der Waals surface area contributed by atoms with Crippen LogP contribution in [0.5, 0.6) is 0 Å². The van der Waals surface area contributed by atoms with E-state index in [4.69, 9.17) is 0 Å². The van der Waals surface area contributed by atoms with Gasteiger partial charge in [-0.15, -0.1) is 11.3 Å². The Hall–Kier alpha value is -0.830. The number of thiophene rings is 1. The van der Waals surface area contributed by atoms with Crippen LogP contribution in [-0.4, -0.2) is 8.42 Å². The molecule has 2 rings (SSSR count). The van der Waals surface area contributed by atoms with Crippen molar-refractivity contribution in [1.29, 1.82) is 0 Å². The zero-order chi connectivity index (χ0) is 14.9. The Kier molecular flexibility index (Phi) is 4.58. The monoisotopic (exact) mass is 381 g/mol. The van der Waals surface area contributed by atoms with Gasteiger partial charge >= 0.3 is 0 Å². The summed E-state index contributed by atoms with van der Waals surface area (Å²) < 4.78 is 53.1. The van der Waals surface area contributed by atoms with Crippen LogP contribution in [0, 0.1) is 18.6 Å². The minimum atomic E-state index is -3.68. The van der Waals surface area contributed by atoms with Gasteiger partial charge in [-0.05, 0) is 46.6 Å². The zero-order valence-electron chi connectivity index (χ0n) is 10.3. The lowest BCUT2D eigenvalue weighted by atomic mass is 10.2. The van der Waals surface area contributed by atoms with Gasteiger partial charge in [0.05, 0.1) is 8.68 Å². The number of benzene rings is 1. The normalized spacial score (nSPS) is 11.8. The second kappa shape index (κ2) is 5.88. The van der Waals surface area contributed by atoms with E-state index >= 15 is 0 Å². The van der Waals surface area contributed by atoms with Crippen molar-refractivity contribution >= 4 is 37.3 Å². The van der Waals surface area contributed by atoms with Gasteiger partial charge in [-0.25, -0.2) is 21.9 Å². The molecule has 2 aromatic rings. The van der Waals surface area contributed by atoms with E-state index in [1.807, 2.05) is 0 Å². The number of halogens is 3. The van der Waals surface area contributed by atoms with Crippen LogP contribution < -0.4 is 4.72 Å². The fourth-order valence-corrected chi connectivity index (χ4v) is 5.03. The minimum Gasteiger partial charge on any atom is -0.207 e. The van der Waals surface area contributed by atoms with Gasteiger partial charge in [0, 0.05) is 11.4 Å². The molecule has 0 aliphatic rings. The maximum absolute atomic E-state index is 13.0.